The maximum atomic E-state index is 3.61. The Kier molecular flexibility index (Phi) is 5.41. The van der Waals surface area contributed by atoms with E-state index in [0.29, 0.717) is 12.0 Å². The third-order valence-corrected chi connectivity index (χ3v) is 4.16. The average Bonchev–Trinajstić information content (AvgIpc) is 2.42. The van der Waals surface area contributed by atoms with Gasteiger partial charge in [0.1, 0.15) is 0 Å². The van der Waals surface area contributed by atoms with Crippen molar-refractivity contribution in [3.8, 4) is 0 Å². The zero-order chi connectivity index (χ0) is 13.7. The van der Waals surface area contributed by atoms with Gasteiger partial charge in [0.2, 0.25) is 0 Å². The largest absolute Gasteiger partial charge is 0.314 e. The monoisotopic (exact) mass is 260 g/mol. The Morgan fingerprint density at radius 3 is 2.74 bits per heavy atom. The van der Waals surface area contributed by atoms with Crippen LogP contribution >= 0.6 is 0 Å². The number of benzene rings is 1. The highest BCUT2D eigenvalue weighted by Crippen LogP contribution is 2.18. The van der Waals surface area contributed by atoms with E-state index in [0.717, 1.165) is 12.5 Å². The molecule has 0 amide bonds. The molecule has 2 rings (SSSR count). The molecule has 0 spiro atoms. The van der Waals surface area contributed by atoms with Crippen LogP contribution in [0.2, 0.25) is 0 Å². The molecule has 1 N–H and O–H groups in total. The van der Waals surface area contributed by atoms with E-state index in [1.54, 1.807) is 0 Å². The molecule has 2 heteroatoms. The Labute approximate surface area is 118 Å². The Morgan fingerprint density at radius 2 is 2.00 bits per heavy atom. The van der Waals surface area contributed by atoms with Crippen molar-refractivity contribution in [1.82, 2.24) is 10.2 Å². The number of nitrogens with zero attached hydrogens (tertiary/aromatic N) is 1. The van der Waals surface area contributed by atoms with E-state index in [-0.39, 0.29) is 0 Å². The van der Waals surface area contributed by atoms with Crippen LogP contribution in [-0.2, 0) is 0 Å². The van der Waals surface area contributed by atoms with Gasteiger partial charge in [0.05, 0.1) is 0 Å². The maximum Gasteiger partial charge on any atom is 0.00510 e. The first-order valence-electron chi connectivity index (χ1n) is 7.66. The predicted molar refractivity (Wildman–Crippen MR) is 82.5 cm³/mol. The maximum absolute atomic E-state index is 3.61. The number of hydrogen-bond acceptors (Lipinski definition) is 2. The van der Waals surface area contributed by atoms with Crippen LogP contribution in [0.5, 0.6) is 0 Å². The van der Waals surface area contributed by atoms with Crippen molar-refractivity contribution in [2.24, 2.45) is 5.92 Å². The number of nitrogens with one attached hydrogen (secondary N) is 1. The lowest BCUT2D eigenvalue weighted by molar-refractivity contribution is 0.194. The van der Waals surface area contributed by atoms with E-state index in [9.17, 15) is 0 Å². The summed E-state index contributed by atoms with van der Waals surface area (Å²) in [6.07, 6.45) is 1.26. The topological polar surface area (TPSA) is 15.3 Å². The molecule has 1 aliphatic rings. The molecule has 19 heavy (non-hydrogen) atoms. The Hall–Kier alpha value is -0.860. The molecule has 1 aliphatic heterocycles. The molecule has 1 fully saturated rings. The molecule has 3 unspecified atom stereocenters. The van der Waals surface area contributed by atoms with Gasteiger partial charge in [0.25, 0.3) is 0 Å². The molecule has 106 valence electrons. The SMILES string of the molecule is CC1CNC(C)CCN(CC(C)c2ccccc2)C1. The minimum atomic E-state index is 0.621. The van der Waals surface area contributed by atoms with Gasteiger partial charge in [-0.15, -0.1) is 0 Å². The van der Waals surface area contributed by atoms with Crippen molar-refractivity contribution >= 4 is 0 Å². The van der Waals surface area contributed by atoms with Gasteiger partial charge in [0, 0.05) is 19.1 Å². The van der Waals surface area contributed by atoms with Crippen LogP contribution < -0.4 is 5.32 Å². The smallest absolute Gasteiger partial charge is 0.00510 e. The second kappa shape index (κ2) is 7.06. The second-order valence-electron chi connectivity index (χ2n) is 6.27. The zero-order valence-corrected chi connectivity index (χ0v) is 12.6. The fourth-order valence-corrected chi connectivity index (χ4v) is 2.92. The molecule has 3 atom stereocenters. The summed E-state index contributed by atoms with van der Waals surface area (Å²) in [6, 6.07) is 11.5. The summed E-state index contributed by atoms with van der Waals surface area (Å²) < 4.78 is 0. The first kappa shape index (κ1) is 14.5. The molecule has 0 saturated carbocycles. The molecule has 1 heterocycles. The van der Waals surface area contributed by atoms with Crippen molar-refractivity contribution in [3.63, 3.8) is 0 Å². The van der Waals surface area contributed by atoms with Gasteiger partial charge >= 0.3 is 0 Å². The summed E-state index contributed by atoms with van der Waals surface area (Å²) in [5, 5.41) is 3.61. The van der Waals surface area contributed by atoms with E-state index in [1.165, 1.54) is 31.6 Å². The van der Waals surface area contributed by atoms with E-state index in [4.69, 9.17) is 0 Å². The fraction of sp³-hybridized carbons (Fsp3) is 0.647. The highest BCUT2D eigenvalue weighted by molar-refractivity contribution is 5.19. The summed E-state index contributed by atoms with van der Waals surface area (Å²) in [7, 11) is 0. The lowest BCUT2D eigenvalue weighted by Gasteiger charge is -2.32. The van der Waals surface area contributed by atoms with Crippen molar-refractivity contribution in [2.75, 3.05) is 26.2 Å². The lowest BCUT2D eigenvalue weighted by Crippen LogP contribution is -2.43. The molecular formula is C17H28N2. The van der Waals surface area contributed by atoms with Gasteiger partial charge in [-0.1, -0.05) is 44.2 Å². The summed E-state index contributed by atoms with van der Waals surface area (Å²) in [4.78, 5) is 2.65. The number of hydrogen-bond donors (Lipinski definition) is 1. The highest BCUT2D eigenvalue weighted by atomic mass is 15.1. The van der Waals surface area contributed by atoms with Gasteiger partial charge in [-0.3, -0.25) is 0 Å². The average molecular weight is 260 g/mol. The van der Waals surface area contributed by atoms with Crippen LogP contribution in [0.25, 0.3) is 0 Å². The molecule has 1 saturated heterocycles. The molecule has 1 aromatic rings. The van der Waals surface area contributed by atoms with Gasteiger partial charge in [-0.05, 0) is 43.8 Å². The Bertz CT molecular complexity index is 363. The van der Waals surface area contributed by atoms with Gasteiger partial charge in [-0.25, -0.2) is 0 Å². The lowest BCUT2D eigenvalue weighted by atomic mass is 9.99. The summed E-state index contributed by atoms with van der Waals surface area (Å²) >= 11 is 0. The Balaban J connectivity index is 1.92. The normalized spacial score (nSPS) is 27.5. The first-order chi connectivity index (χ1) is 9.15. The predicted octanol–water partition coefficient (Wildman–Crippen LogP) is 3.11. The minimum absolute atomic E-state index is 0.621. The molecular weight excluding hydrogens is 232 g/mol. The number of rotatable bonds is 3. The van der Waals surface area contributed by atoms with Crippen LogP contribution in [-0.4, -0.2) is 37.1 Å². The summed E-state index contributed by atoms with van der Waals surface area (Å²) in [5.74, 6) is 1.36. The van der Waals surface area contributed by atoms with E-state index in [2.05, 4.69) is 61.3 Å². The van der Waals surface area contributed by atoms with Crippen LogP contribution in [0.3, 0.4) is 0 Å². The quantitative estimate of drug-likeness (QED) is 0.898. The van der Waals surface area contributed by atoms with E-state index < -0.39 is 0 Å². The van der Waals surface area contributed by atoms with Gasteiger partial charge in [-0.2, -0.15) is 0 Å². The van der Waals surface area contributed by atoms with Crippen molar-refractivity contribution in [1.29, 1.82) is 0 Å². The fourth-order valence-electron chi connectivity index (χ4n) is 2.92. The van der Waals surface area contributed by atoms with E-state index in [1.807, 2.05) is 0 Å². The van der Waals surface area contributed by atoms with Crippen LogP contribution in [0, 0.1) is 5.92 Å². The summed E-state index contributed by atoms with van der Waals surface area (Å²) in [5.41, 5.74) is 1.46. The van der Waals surface area contributed by atoms with Gasteiger partial charge < -0.3 is 10.2 Å². The third kappa shape index (κ3) is 4.63. The van der Waals surface area contributed by atoms with Crippen molar-refractivity contribution in [3.05, 3.63) is 35.9 Å². The van der Waals surface area contributed by atoms with Crippen molar-refractivity contribution < 1.29 is 0 Å². The first-order valence-corrected chi connectivity index (χ1v) is 7.66. The third-order valence-electron chi connectivity index (χ3n) is 4.16. The standard InChI is InChI=1S/C17H28N2/c1-14-11-18-16(3)9-10-19(12-14)13-15(2)17-7-5-4-6-8-17/h4-8,14-16,18H,9-13H2,1-3H3. The van der Waals surface area contributed by atoms with E-state index >= 15 is 0 Å². The van der Waals surface area contributed by atoms with Crippen LogP contribution in [0.15, 0.2) is 30.3 Å². The molecule has 0 aromatic heterocycles. The molecule has 0 radical (unpaired) electrons. The molecule has 1 aromatic carbocycles. The van der Waals surface area contributed by atoms with Crippen molar-refractivity contribution in [2.45, 2.75) is 39.2 Å². The second-order valence-corrected chi connectivity index (χ2v) is 6.27. The highest BCUT2D eigenvalue weighted by Gasteiger charge is 2.18. The Morgan fingerprint density at radius 1 is 1.26 bits per heavy atom. The minimum Gasteiger partial charge on any atom is -0.314 e. The molecule has 0 aliphatic carbocycles. The zero-order valence-electron chi connectivity index (χ0n) is 12.6. The van der Waals surface area contributed by atoms with Crippen LogP contribution in [0.1, 0.15) is 38.7 Å². The van der Waals surface area contributed by atoms with Gasteiger partial charge in [0.15, 0.2) is 0 Å². The molecule has 2 nitrogen and oxygen atoms in total. The summed E-state index contributed by atoms with van der Waals surface area (Å²) in [6.45, 7) is 11.8. The van der Waals surface area contributed by atoms with Crippen LogP contribution in [0.4, 0.5) is 0 Å². The molecule has 0 bridgehead atoms.